The van der Waals surface area contributed by atoms with E-state index < -0.39 is 24.6 Å². The number of benzene rings is 1. The Balaban J connectivity index is 2.27. The molecule has 2 aromatic rings. The fraction of sp³-hybridized carbons (Fsp3) is 0.231. The number of carbonyl (C=O) groups is 1. The minimum absolute atomic E-state index is 0.488. The van der Waals surface area contributed by atoms with E-state index in [9.17, 15) is 15.0 Å². The van der Waals surface area contributed by atoms with Crippen molar-refractivity contribution in [2.75, 3.05) is 0 Å². The van der Waals surface area contributed by atoms with Crippen molar-refractivity contribution in [3.05, 3.63) is 42.2 Å². The summed E-state index contributed by atoms with van der Waals surface area (Å²) in [4.78, 5) is 14.5. The molecule has 0 fully saturated rings. The number of hydrogen-bond donors (Lipinski definition) is 3. The van der Waals surface area contributed by atoms with Crippen molar-refractivity contribution >= 4 is 16.7 Å². The monoisotopic (exact) mass is 247 g/mol. The van der Waals surface area contributed by atoms with Gasteiger partial charge in [0.15, 0.2) is 0 Å². The van der Waals surface area contributed by atoms with E-state index in [1.54, 1.807) is 36.7 Å². The summed E-state index contributed by atoms with van der Waals surface area (Å²) in [6.45, 7) is 0. The number of nitrogens with zero attached hydrogens (tertiary/aromatic N) is 1. The van der Waals surface area contributed by atoms with Crippen molar-refractivity contribution in [1.29, 1.82) is 0 Å². The van der Waals surface area contributed by atoms with Crippen LogP contribution in [0.5, 0.6) is 0 Å². The number of carboxylic acid groups (broad SMARTS) is 1. The molecule has 0 amide bonds. The van der Waals surface area contributed by atoms with E-state index >= 15 is 0 Å². The SMILES string of the molecule is O=C(O)CC(O)C(O)c1ccc2cnccc2c1. The highest BCUT2D eigenvalue weighted by Gasteiger charge is 2.21. The van der Waals surface area contributed by atoms with Gasteiger partial charge in [-0.2, -0.15) is 0 Å². The van der Waals surface area contributed by atoms with E-state index in [-0.39, 0.29) is 0 Å². The quantitative estimate of drug-likeness (QED) is 0.752. The molecule has 0 radical (unpaired) electrons. The summed E-state index contributed by atoms with van der Waals surface area (Å²) >= 11 is 0. The van der Waals surface area contributed by atoms with Gasteiger partial charge in [0.25, 0.3) is 0 Å². The Hall–Kier alpha value is -1.98. The molecule has 5 heteroatoms. The molecule has 94 valence electrons. The van der Waals surface area contributed by atoms with Gasteiger partial charge in [-0.05, 0) is 23.1 Å². The van der Waals surface area contributed by atoms with Crippen LogP contribution in [0.2, 0.25) is 0 Å². The maximum atomic E-state index is 10.5. The maximum Gasteiger partial charge on any atom is 0.306 e. The first-order valence-corrected chi connectivity index (χ1v) is 5.49. The highest BCUT2D eigenvalue weighted by molar-refractivity contribution is 5.82. The van der Waals surface area contributed by atoms with Crippen LogP contribution in [0.3, 0.4) is 0 Å². The minimum Gasteiger partial charge on any atom is -0.481 e. The highest BCUT2D eigenvalue weighted by atomic mass is 16.4. The summed E-state index contributed by atoms with van der Waals surface area (Å²) in [5.41, 5.74) is 0.488. The van der Waals surface area contributed by atoms with Crippen molar-refractivity contribution in [3.63, 3.8) is 0 Å². The minimum atomic E-state index is -1.32. The molecule has 3 N–H and O–H groups in total. The molecule has 0 saturated heterocycles. The van der Waals surface area contributed by atoms with Crippen LogP contribution in [0, 0.1) is 0 Å². The van der Waals surface area contributed by atoms with E-state index in [4.69, 9.17) is 5.11 Å². The topological polar surface area (TPSA) is 90.7 Å². The van der Waals surface area contributed by atoms with Crippen LogP contribution in [0.4, 0.5) is 0 Å². The smallest absolute Gasteiger partial charge is 0.306 e. The summed E-state index contributed by atoms with van der Waals surface area (Å²) < 4.78 is 0. The van der Waals surface area contributed by atoms with Gasteiger partial charge in [-0.15, -0.1) is 0 Å². The number of pyridine rings is 1. The molecule has 0 saturated carbocycles. The fourth-order valence-corrected chi connectivity index (χ4v) is 1.80. The van der Waals surface area contributed by atoms with E-state index in [0.717, 1.165) is 10.8 Å². The second-order valence-corrected chi connectivity index (χ2v) is 4.09. The standard InChI is InChI=1S/C13H13NO4/c15-11(6-12(16)17)13(18)9-1-2-10-7-14-4-3-8(10)5-9/h1-5,7,11,13,15,18H,6H2,(H,16,17). The second-order valence-electron chi connectivity index (χ2n) is 4.09. The number of aromatic nitrogens is 1. The third-order valence-electron chi connectivity index (χ3n) is 2.75. The van der Waals surface area contributed by atoms with Crippen molar-refractivity contribution in [2.24, 2.45) is 0 Å². The van der Waals surface area contributed by atoms with Gasteiger partial charge in [-0.1, -0.05) is 12.1 Å². The molecular formula is C13H13NO4. The molecule has 0 spiro atoms. The zero-order chi connectivity index (χ0) is 13.1. The van der Waals surface area contributed by atoms with Crippen LogP contribution >= 0.6 is 0 Å². The Kier molecular flexibility index (Phi) is 3.55. The summed E-state index contributed by atoms with van der Waals surface area (Å²) in [5.74, 6) is -1.15. The van der Waals surface area contributed by atoms with Crippen molar-refractivity contribution in [1.82, 2.24) is 4.98 Å². The maximum absolute atomic E-state index is 10.5. The van der Waals surface area contributed by atoms with Gasteiger partial charge in [0.1, 0.15) is 6.10 Å². The molecule has 0 bridgehead atoms. The molecule has 0 aliphatic heterocycles. The largest absolute Gasteiger partial charge is 0.481 e. The van der Waals surface area contributed by atoms with Crippen molar-refractivity contribution in [2.45, 2.75) is 18.6 Å². The summed E-state index contributed by atoms with van der Waals surface area (Å²) in [7, 11) is 0. The van der Waals surface area contributed by atoms with Gasteiger partial charge in [-0.3, -0.25) is 9.78 Å². The van der Waals surface area contributed by atoms with Gasteiger partial charge in [0.2, 0.25) is 0 Å². The third kappa shape index (κ3) is 2.64. The fourth-order valence-electron chi connectivity index (χ4n) is 1.80. The van der Waals surface area contributed by atoms with Crippen LogP contribution in [0.1, 0.15) is 18.1 Å². The molecule has 0 aliphatic rings. The molecule has 5 nitrogen and oxygen atoms in total. The Labute approximate surface area is 103 Å². The number of aliphatic carboxylic acids is 1. The first kappa shape index (κ1) is 12.5. The molecule has 1 aromatic heterocycles. The number of rotatable bonds is 4. The average Bonchev–Trinajstić information content (AvgIpc) is 2.36. The van der Waals surface area contributed by atoms with E-state index in [0.29, 0.717) is 5.56 Å². The number of aliphatic hydroxyl groups excluding tert-OH is 2. The van der Waals surface area contributed by atoms with Gasteiger partial charge in [0, 0.05) is 17.8 Å². The second kappa shape index (κ2) is 5.12. The summed E-state index contributed by atoms with van der Waals surface area (Å²) in [5, 5.41) is 29.8. The lowest BCUT2D eigenvalue weighted by atomic mass is 10.00. The molecule has 1 heterocycles. The lowest BCUT2D eigenvalue weighted by Gasteiger charge is -2.16. The van der Waals surface area contributed by atoms with Crippen molar-refractivity contribution in [3.8, 4) is 0 Å². The molecular weight excluding hydrogens is 234 g/mol. The van der Waals surface area contributed by atoms with Crippen LogP contribution in [0.15, 0.2) is 36.7 Å². The van der Waals surface area contributed by atoms with Gasteiger partial charge >= 0.3 is 5.97 Å². The van der Waals surface area contributed by atoms with Crippen LogP contribution in [-0.2, 0) is 4.79 Å². The van der Waals surface area contributed by atoms with Crippen molar-refractivity contribution < 1.29 is 20.1 Å². The van der Waals surface area contributed by atoms with Crippen LogP contribution < -0.4 is 0 Å². The molecule has 18 heavy (non-hydrogen) atoms. The Morgan fingerprint density at radius 3 is 2.72 bits per heavy atom. The van der Waals surface area contributed by atoms with Gasteiger partial charge < -0.3 is 15.3 Å². The Bertz CT molecular complexity index is 570. The zero-order valence-electron chi connectivity index (χ0n) is 9.52. The first-order chi connectivity index (χ1) is 8.58. The zero-order valence-corrected chi connectivity index (χ0v) is 9.52. The predicted octanol–water partition coefficient (Wildman–Crippen LogP) is 1.10. The molecule has 2 rings (SSSR count). The van der Waals surface area contributed by atoms with Crippen LogP contribution in [-0.4, -0.2) is 32.4 Å². The normalized spacial score (nSPS) is 14.3. The van der Waals surface area contributed by atoms with Gasteiger partial charge in [-0.25, -0.2) is 0 Å². The first-order valence-electron chi connectivity index (χ1n) is 5.49. The molecule has 0 aliphatic carbocycles. The number of fused-ring (bicyclic) bond motifs is 1. The van der Waals surface area contributed by atoms with E-state index in [1.807, 2.05) is 0 Å². The molecule has 2 atom stereocenters. The molecule has 1 aromatic carbocycles. The predicted molar refractivity (Wildman–Crippen MR) is 65.0 cm³/mol. The third-order valence-corrected chi connectivity index (χ3v) is 2.75. The van der Waals surface area contributed by atoms with Gasteiger partial charge in [0.05, 0.1) is 12.5 Å². The highest BCUT2D eigenvalue weighted by Crippen LogP contribution is 2.23. The van der Waals surface area contributed by atoms with E-state index in [1.165, 1.54) is 0 Å². The number of hydrogen-bond acceptors (Lipinski definition) is 4. The summed E-state index contributed by atoms with van der Waals surface area (Å²) in [6.07, 6.45) is 0.307. The lowest BCUT2D eigenvalue weighted by Crippen LogP contribution is -2.21. The average molecular weight is 247 g/mol. The van der Waals surface area contributed by atoms with Crippen LogP contribution in [0.25, 0.3) is 10.8 Å². The number of aliphatic hydroxyl groups is 2. The lowest BCUT2D eigenvalue weighted by molar-refractivity contribution is -0.141. The Morgan fingerprint density at radius 2 is 2.00 bits per heavy atom. The Morgan fingerprint density at radius 1 is 1.22 bits per heavy atom. The number of carboxylic acids is 1. The molecule has 2 unspecified atom stereocenters. The van der Waals surface area contributed by atoms with E-state index in [2.05, 4.69) is 4.98 Å². The summed E-state index contributed by atoms with van der Waals surface area (Å²) in [6, 6.07) is 6.93.